The quantitative estimate of drug-likeness (QED) is 0.859. The second-order valence-corrected chi connectivity index (χ2v) is 6.24. The molecule has 1 N–H and O–H groups in total. The Balaban J connectivity index is 1.71. The topological polar surface area (TPSA) is 59.9 Å². The number of piperidine rings is 1. The van der Waals surface area contributed by atoms with Gasteiger partial charge in [-0.1, -0.05) is 0 Å². The molecule has 2 aliphatic rings. The number of rotatable bonds is 2. The molecule has 0 spiro atoms. The van der Waals surface area contributed by atoms with E-state index in [9.17, 15) is 9.90 Å². The van der Waals surface area contributed by atoms with Crippen molar-refractivity contribution in [2.45, 2.75) is 18.9 Å². The Kier molecular flexibility index (Phi) is 4.59. The van der Waals surface area contributed by atoms with E-state index in [0.717, 1.165) is 51.4 Å². The van der Waals surface area contributed by atoms with E-state index in [2.05, 4.69) is 21.8 Å². The summed E-state index contributed by atoms with van der Waals surface area (Å²) < 4.78 is 0. The molecule has 0 aliphatic carbocycles. The summed E-state index contributed by atoms with van der Waals surface area (Å²) in [6.45, 7) is 5.05. The minimum Gasteiger partial charge on any atom is -0.391 e. The van der Waals surface area contributed by atoms with Gasteiger partial charge < -0.3 is 19.8 Å². The Hall–Kier alpha value is -1.66. The molecule has 120 valence electrons. The van der Waals surface area contributed by atoms with Crippen molar-refractivity contribution in [2.24, 2.45) is 0 Å². The number of aliphatic hydroxyl groups excluding tert-OH is 1. The number of piperazine rings is 1. The Morgan fingerprint density at radius 2 is 2.05 bits per heavy atom. The van der Waals surface area contributed by atoms with Crippen LogP contribution in [0, 0.1) is 0 Å². The average molecular weight is 304 g/mol. The first-order chi connectivity index (χ1) is 10.6. The summed E-state index contributed by atoms with van der Waals surface area (Å²) in [6, 6.07) is 3.65. The molecule has 3 rings (SSSR count). The van der Waals surface area contributed by atoms with Crippen LogP contribution in [0.4, 0.5) is 5.82 Å². The van der Waals surface area contributed by atoms with Gasteiger partial charge in [0.25, 0.3) is 5.91 Å². The number of β-amino-alcohol motifs (C(OH)–C–C–N with tert-alkyl or cyclic N) is 1. The van der Waals surface area contributed by atoms with Crippen LogP contribution in [0.25, 0.3) is 0 Å². The van der Waals surface area contributed by atoms with Gasteiger partial charge in [0.05, 0.1) is 6.10 Å². The van der Waals surface area contributed by atoms with Crippen molar-refractivity contribution in [3.05, 3.63) is 23.9 Å². The minimum atomic E-state index is -0.392. The summed E-state index contributed by atoms with van der Waals surface area (Å²) in [6.07, 6.45) is 2.97. The van der Waals surface area contributed by atoms with E-state index in [0.29, 0.717) is 12.1 Å². The third-order valence-corrected chi connectivity index (χ3v) is 4.50. The Morgan fingerprint density at radius 3 is 2.77 bits per heavy atom. The molecule has 6 nitrogen and oxygen atoms in total. The van der Waals surface area contributed by atoms with Gasteiger partial charge in [-0.05, 0) is 32.0 Å². The van der Waals surface area contributed by atoms with E-state index < -0.39 is 6.10 Å². The fourth-order valence-corrected chi connectivity index (χ4v) is 3.08. The maximum absolute atomic E-state index is 12.6. The summed E-state index contributed by atoms with van der Waals surface area (Å²) in [4.78, 5) is 23.3. The second-order valence-electron chi connectivity index (χ2n) is 6.24. The maximum Gasteiger partial charge on any atom is 0.254 e. The largest absolute Gasteiger partial charge is 0.391 e. The Labute approximate surface area is 131 Å². The molecule has 1 amide bonds. The summed E-state index contributed by atoms with van der Waals surface area (Å²) in [5.74, 6) is 0.869. The zero-order valence-electron chi connectivity index (χ0n) is 13.1. The van der Waals surface area contributed by atoms with E-state index in [-0.39, 0.29) is 5.91 Å². The highest BCUT2D eigenvalue weighted by Crippen LogP contribution is 2.18. The van der Waals surface area contributed by atoms with Crippen LogP contribution < -0.4 is 4.90 Å². The van der Waals surface area contributed by atoms with Crippen molar-refractivity contribution in [1.29, 1.82) is 0 Å². The third kappa shape index (κ3) is 3.39. The van der Waals surface area contributed by atoms with Crippen LogP contribution in [0.5, 0.6) is 0 Å². The highest BCUT2D eigenvalue weighted by atomic mass is 16.3. The van der Waals surface area contributed by atoms with Crippen LogP contribution in [0.2, 0.25) is 0 Å². The molecule has 2 fully saturated rings. The zero-order valence-corrected chi connectivity index (χ0v) is 13.1. The fraction of sp³-hybridized carbons (Fsp3) is 0.625. The molecular formula is C16H24N4O2. The van der Waals surface area contributed by atoms with E-state index >= 15 is 0 Å². The van der Waals surface area contributed by atoms with Gasteiger partial charge in [0.2, 0.25) is 0 Å². The first-order valence-corrected chi connectivity index (χ1v) is 8.00. The van der Waals surface area contributed by atoms with Crippen LogP contribution in [-0.4, -0.2) is 78.2 Å². The number of amides is 1. The van der Waals surface area contributed by atoms with Crippen molar-refractivity contribution >= 4 is 11.7 Å². The number of carbonyl (C=O) groups is 1. The van der Waals surface area contributed by atoms with Crippen LogP contribution in [-0.2, 0) is 0 Å². The Bertz CT molecular complexity index is 529. The third-order valence-electron chi connectivity index (χ3n) is 4.50. The number of nitrogens with zero attached hydrogens (tertiary/aromatic N) is 4. The highest BCUT2D eigenvalue weighted by molar-refractivity contribution is 5.95. The predicted octanol–water partition coefficient (Wildman–Crippen LogP) is 0.430. The summed E-state index contributed by atoms with van der Waals surface area (Å²) in [5.41, 5.74) is 0.665. The molecule has 0 radical (unpaired) electrons. The summed E-state index contributed by atoms with van der Waals surface area (Å²) in [5, 5.41) is 9.74. The number of aliphatic hydroxyl groups is 1. The molecule has 0 aromatic carbocycles. The van der Waals surface area contributed by atoms with Crippen LogP contribution in [0.15, 0.2) is 18.3 Å². The molecule has 1 unspecified atom stereocenters. The molecule has 0 saturated carbocycles. The van der Waals surface area contributed by atoms with Crippen LogP contribution in [0.3, 0.4) is 0 Å². The SMILES string of the molecule is CN1CCN(c2cc(C(=O)N3CCCC(O)C3)ccn2)CC1. The Morgan fingerprint density at radius 1 is 1.27 bits per heavy atom. The smallest absolute Gasteiger partial charge is 0.254 e. The molecule has 2 saturated heterocycles. The van der Waals surface area contributed by atoms with Crippen molar-refractivity contribution in [3.8, 4) is 0 Å². The van der Waals surface area contributed by atoms with Gasteiger partial charge in [-0.25, -0.2) is 4.98 Å². The van der Waals surface area contributed by atoms with Crippen molar-refractivity contribution < 1.29 is 9.90 Å². The van der Waals surface area contributed by atoms with Crippen molar-refractivity contribution in [1.82, 2.24) is 14.8 Å². The second kappa shape index (κ2) is 6.62. The van der Waals surface area contributed by atoms with Crippen molar-refractivity contribution in [2.75, 3.05) is 51.2 Å². The lowest BCUT2D eigenvalue weighted by molar-refractivity contribution is 0.0473. The number of hydrogen-bond donors (Lipinski definition) is 1. The molecule has 6 heteroatoms. The van der Waals surface area contributed by atoms with E-state index in [1.165, 1.54) is 0 Å². The average Bonchev–Trinajstić information content (AvgIpc) is 2.55. The lowest BCUT2D eigenvalue weighted by Gasteiger charge is -2.33. The number of hydrogen-bond acceptors (Lipinski definition) is 5. The lowest BCUT2D eigenvalue weighted by atomic mass is 10.1. The number of likely N-dealkylation sites (tertiary alicyclic amines) is 1. The normalized spacial score (nSPS) is 23.6. The van der Waals surface area contributed by atoms with E-state index in [1.54, 1.807) is 17.2 Å². The summed E-state index contributed by atoms with van der Waals surface area (Å²) >= 11 is 0. The fourth-order valence-electron chi connectivity index (χ4n) is 3.08. The van der Waals surface area contributed by atoms with Crippen LogP contribution in [0.1, 0.15) is 23.2 Å². The van der Waals surface area contributed by atoms with Gasteiger partial charge >= 0.3 is 0 Å². The van der Waals surface area contributed by atoms with Gasteiger partial charge in [0.15, 0.2) is 0 Å². The molecule has 3 heterocycles. The summed E-state index contributed by atoms with van der Waals surface area (Å²) in [7, 11) is 2.12. The van der Waals surface area contributed by atoms with Crippen LogP contribution >= 0.6 is 0 Å². The molecule has 2 aliphatic heterocycles. The monoisotopic (exact) mass is 304 g/mol. The number of aromatic nitrogens is 1. The van der Waals surface area contributed by atoms with E-state index in [4.69, 9.17) is 0 Å². The first kappa shape index (κ1) is 15.2. The molecule has 1 atom stereocenters. The highest BCUT2D eigenvalue weighted by Gasteiger charge is 2.24. The first-order valence-electron chi connectivity index (χ1n) is 8.00. The number of likely N-dealkylation sites (N-methyl/N-ethyl adjacent to an activating group) is 1. The molecule has 1 aromatic rings. The zero-order chi connectivity index (χ0) is 15.5. The molecule has 1 aromatic heterocycles. The van der Waals surface area contributed by atoms with Gasteiger partial charge in [-0.3, -0.25) is 4.79 Å². The number of pyridine rings is 1. The van der Waals surface area contributed by atoms with E-state index in [1.807, 2.05) is 6.07 Å². The van der Waals surface area contributed by atoms with Gasteiger partial charge in [-0.2, -0.15) is 0 Å². The van der Waals surface area contributed by atoms with Gasteiger partial charge in [0.1, 0.15) is 5.82 Å². The number of anilines is 1. The maximum atomic E-state index is 12.6. The lowest BCUT2D eigenvalue weighted by Crippen LogP contribution is -2.45. The number of carbonyl (C=O) groups excluding carboxylic acids is 1. The standard InChI is InChI=1S/C16H24N4O2/c1-18-7-9-19(10-8-18)15-11-13(4-5-17-15)16(22)20-6-2-3-14(21)12-20/h4-5,11,14,21H,2-3,6-10,12H2,1H3. The van der Waals surface area contributed by atoms with Gasteiger partial charge in [0, 0.05) is 51.0 Å². The predicted molar refractivity (Wildman–Crippen MR) is 85.1 cm³/mol. The minimum absolute atomic E-state index is 0.00322. The van der Waals surface area contributed by atoms with Crippen molar-refractivity contribution in [3.63, 3.8) is 0 Å². The van der Waals surface area contributed by atoms with Gasteiger partial charge in [-0.15, -0.1) is 0 Å². The molecule has 22 heavy (non-hydrogen) atoms. The molecule has 0 bridgehead atoms. The molecular weight excluding hydrogens is 280 g/mol.